The Hall–Kier alpha value is -3.61. The summed E-state index contributed by atoms with van der Waals surface area (Å²) in [7, 11) is 1.66. The largest absolute Gasteiger partial charge is 0.373 e. The van der Waals surface area contributed by atoms with Crippen LogP contribution in [0.3, 0.4) is 0 Å². The van der Waals surface area contributed by atoms with Crippen LogP contribution in [0.4, 0.5) is 5.69 Å². The minimum Gasteiger partial charge on any atom is -0.373 e. The molecule has 266 valence electrons. The molecule has 0 unspecified atom stereocenters. The molecule has 0 aliphatic carbocycles. The molecule has 1 aliphatic rings. The molecular formula is C37H45Cl2N7O3S. The van der Waals surface area contributed by atoms with Crippen LogP contribution in [0.5, 0.6) is 0 Å². The number of carbonyl (C=O) groups is 3. The minimum atomic E-state index is -0.875. The van der Waals surface area contributed by atoms with Gasteiger partial charge >= 0.3 is 0 Å². The quantitative estimate of drug-likeness (QED) is 0.126. The molecule has 0 spiro atoms. The van der Waals surface area contributed by atoms with Gasteiger partial charge in [-0.05, 0) is 87.2 Å². The van der Waals surface area contributed by atoms with Crippen LogP contribution in [0.2, 0.25) is 10.0 Å². The Kier molecular flexibility index (Phi) is 13.2. The molecule has 0 saturated carbocycles. The number of rotatable bonds is 9. The molecule has 13 heteroatoms. The van der Waals surface area contributed by atoms with Gasteiger partial charge in [-0.25, -0.2) is 4.98 Å². The third kappa shape index (κ3) is 8.99. The summed E-state index contributed by atoms with van der Waals surface area (Å²) in [5, 5.41) is 8.92. The predicted molar refractivity (Wildman–Crippen MR) is 202 cm³/mol. The van der Waals surface area contributed by atoms with Gasteiger partial charge < -0.3 is 32.0 Å². The minimum absolute atomic E-state index is 0.00628. The van der Waals surface area contributed by atoms with Crippen molar-refractivity contribution in [1.29, 1.82) is 0 Å². The average Bonchev–Trinajstić information content (AvgIpc) is 3.42. The first-order chi connectivity index (χ1) is 24.1. The number of aryl methyl sites for hydroxylation is 1. The molecule has 2 aromatic heterocycles. The first-order valence-electron chi connectivity index (χ1n) is 17.0. The van der Waals surface area contributed by atoms with Gasteiger partial charge in [-0.15, -0.1) is 0 Å². The number of hydrogen-bond acceptors (Lipinski definition) is 8. The molecule has 3 heterocycles. The van der Waals surface area contributed by atoms with Gasteiger partial charge in [0, 0.05) is 65.1 Å². The highest BCUT2D eigenvalue weighted by Gasteiger charge is 2.35. The third-order valence-electron chi connectivity index (χ3n) is 9.27. The highest BCUT2D eigenvalue weighted by atomic mass is 35.5. The molecule has 0 saturated heterocycles. The zero-order chi connectivity index (χ0) is 35.8. The Morgan fingerprint density at radius 2 is 1.78 bits per heavy atom. The van der Waals surface area contributed by atoms with E-state index in [-0.39, 0.29) is 37.0 Å². The van der Waals surface area contributed by atoms with Crippen molar-refractivity contribution in [2.45, 2.75) is 80.4 Å². The fourth-order valence-corrected chi connectivity index (χ4v) is 8.15. The Labute approximate surface area is 307 Å². The van der Waals surface area contributed by atoms with E-state index in [9.17, 15) is 14.4 Å². The summed E-state index contributed by atoms with van der Waals surface area (Å²) in [5.74, 6) is -1.35. The molecule has 50 heavy (non-hydrogen) atoms. The van der Waals surface area contributed by atoms with Crippen molar-refractivity contribution >= 4 is 69.2 Å². The van der Waals surface area contributed by atoms with Crippen LogP contribution in [-0.2, 0) is 27.3 Å². The summed E-state index contributed by atoms with van der Waals surface area (Å²) in [6.45, 7) is 2.97. The van der Waals surface area contributed by atoms with Crippen LogP contribution in [0.1, 0.15) is 55.3 Å². The number of hydrogen-bond donors (Lipinski definition) is 5. The van der Waals surface area contributed by atoms with Gasteiger partial charge in [-0.2, -0.15) is 0 Å². The van der Waals surface area contributed by atoms with Gasteiger partial charge in [-0.1, -0.05) is 59.6 Å². The highest BCUT2D eigenvalue weighted by molar-refractivity contribution is 7.99. The van der Waals surface area contributed by atoms with E-state index in [4.69, 9.17) is 34.7 Å². The van der Waals surface area contributed by atoms with Crippen molar-refractivity contribution in [3.8, 4) is 0 Å². The molecule has 2 amide bonds. The fraction of sp³-hybridized carbons (Fsp3) is 0.405. The van der Waals surface area contributed by atoms with Crippen molar-refractivity contribution in [2.75, 3.05) is 25.5 Å². The van der Waals surface area contributed by atoms with Crippen molar-refractivity contribution in [1.82, 2.24) is 20.2 Å². The number of amides is 2. The van der Waals surface area contributed by atoms with E-state index in [1.165, 1.54) is 16.7 Å². The molecule has 0 bridgehead atoms. The molecule has 0 fully saturated rings. The lowest BCUT2D eigenvalue weighted by Gasteiger charge is -2.32. The maximum absolute atomic E-state index is 14.5. The zero-order valence-electron chi connectivity index (χ0n) is 28.4. The number of para-hydroxylation sites is 1. The molecule has 1 aliphatic heterocycles. The van der Waals surface area contributed by atoms with Crippen molar-refractivity contribution in [3.05, 3.63) is 81.6 Å². The lowest BCUT2D eigenvalue weighted by Crippen LogP contribution is -2.51. The van der Waals surface area contributed by atoms with Gasteiger partial charge in [0.2, 0.25) is 11.8 Å². The molecular weight excluding hydrogens is 693 g/mol. The van der Waals surface area contributed by atoms with Crippen LogP contribution < -0.4 is 22.1 Å². The lowest BCUT2D eigenvalue weighted by atomic mass is 9.90. The van der Waals surface area contributed by atoms with Crippen molar-refractivity contribution in [2.24, 2.45) is 17.4 Å². The summed E-state index contributed by atoms with van der Waals surface area (Å²) < 4.78 is 0. The molecule has 4 aromatic rings. The molecule has 7 N–H and O–H groups in total. The number of Topliss-reactive ketones (excluding diaryl/α,β-unsaturated/α-hetero) is 1. The van der Waals surface area contributed by atoms with Gasteiger partial charge in [0.1, 0.15) is 11.1 Å². The number of fused-ring (bicyclic) bond motifs is 3. The number of H-pyrrole nitrogens is 1. The van der Waals surface area contributed by atoms with Crippen LogP contribution in [0.25, 0.3) is 10.9 Å². The summed E-state index contributed by atoms with van der Waals surface area (Å²) in [5.41, 5.74) is 15.9. The third-order valence-corrected chi connectivity index (χ3v) is 11.1. The molecule has 0 radical (unpaired) electrons. The first-order valence-corrected chi connectivity index (χ1v) is 18.6. The number of likely N-dealkylation sites (N-methyl/N-ethyl adjacent to an activating group) is 1. The second-order valence-electron chi connectivity index (χ2n) is 12.8. The SMILES string of the molecule is Cc1[nH]c2ccccc2c1C[C@H]1C(=O)NCc2cc(Cl)cc(Cl)c2Sc2ncccc2N[C@@H](CCCN)C(=O)C[C@@H](CCCCN)C(=O)N1C. The fourth-order valence-electron chi connectivity index (χ4n) is 6.53. The van der Waals surface area contributed by atoms with Gasteiger partial charge in [-0.3, -0.25) is 14.4 Å². The summed E-state index contributed by atoms with van der Waals surface area (Å²) in [4.78, 5) is 53.2. The van der Waals surface area contributed by atoms with Crippen molar-refractivity contribution < 1.29 is 14.4 Å². The number of aromatic amines is 1. The monoisotopic (exact) mass is 737 g/mol. The van der Waals surface area contributed by atoms with E-state index in [0.29, 0.717) is 70.0 Å². The van der Waals surface area contributed by atoms with Crippen LogP contribution in [-0.4, -0.2) is 64.7 Å². The Morgan fingerprint density at radius 3 is 2.56 bits per heavy atom. The van der Waals surface area contributed by atoms with E-state index >= 15 is 0 Å². The summed E-state index contributed by atoms with van der Waals surface area (Å²) in [6.07, 6.45) is 4.89. The van der Waals surface area contributed by atoms with E-state index in [1.807, 2.05) is 37.3 Å². The number of nitrogens with two attached hydrogens (primary N) is 2. The molecule has 10 nitrogen and oxygen atoms in total. The number of ketones is 1. The number of pyridine rings is 1. The number of benzene rings is 2. The Balaban J connectivity index is 1.60. The van der Waals surface area contributed by atoms with Crippen molar-refractivity contribution in [3.63, 3.8) is 0 Å². The average molecular weight is 739 g/mol. The smallest absolute Gasteiger partial charge is 0.243 e. The molecule has 3 atom stereocenters. The van der Waals surface area contributed by atoms with E-state index in [0.717, 1.165) is 28.6 Å². The second-order valence-corrected chi connectivity index (χ2v) is 14.6. The summed E-state index contributed by atoms with van der Waals surface area (Å²) >= 11 is 14.6. The van der Waals surface area contributed by atoms with Gasteiger partial charge in [0.05, 0.1) is 16.8 Å². The predicted octanol–water partition coefficient (Wildman–Crippen LogP) is 6.25. The Morgan fingerprint density at radius 1 is 1.00 bits per heavy atom. The van der Waals surface area contributed by atoms with E-state index < -0.39 is 18.0 Å². The normalized spacial score (nSPS) is 19.2. The lowest BCUT2D eigenvalue weighted by molar-refractivity contribution is -0.143. The Bertz CT molecular complexity index is 1830. The van der Waals surface area contributed by atoms with Crippen LogP contribution >= 0.6 is 35.0 Å². The second kappa shape index (κ2) is 17.5. The number of anilines is 1. The number of nitrogens with one attached hydrogen (secondary N) is 3. The number of aromatic nitrogens is 2. The van der Waals surface area contributed by atoms with Crippen LogP contribution in [0, 0.1) is 12.8 Å². The van der Waals surface area contributed by atoms with Gasteiger partial charge in [0.15, 0.2) is 5.78 Å². The summed E-state index contributed by atoms with van der Waals surface area (Å²) in [6, 6.07) is 13.5. The topological polar surface area (TPSA) is 159 Å². The maximum Gasteiger partial charge on any atom is 0.243 e. The van der Waals surface area contributed by atoms with Crippen LogP contribution in [0.15, 0.2) is 64.6 Å². The van der Waals surface area contributed by atoms with E-state index in [1.54, 1.807) is 31.4 Å². The maximum atomic E-state index is 14.5. The van der Waals surface area contributed by atoms with E-state index in [2.05, 4.69) is 20.6 Å². The number of halogens is 2. The zero-order valence-corrected chi connectivity index (χ0v) is 30.8. The number of nitrogens with zero attached hydrogens (tertiary/aromatic N) is 2. The number of carbonyl (C=O) groups excluding carboxylic acids is 3. The highest BCUT2D eigenvalue weighted by Crippen LogP contribution is 2.40. The first kappa shape index (κ1) is 37.6. The van der Waals surface area contributed by atoms with Gasteiger partial charge in [0.25, 0.3) is 0 Å². The molecule has 2 aromatic carbocycles. The molecule has 5 rings (SSSR count). The standard InChI is InChI=1S/C37H45Cl2N7O3S/c1-22-27(26-10-3-4-11-29(26)44-22)20-32-35(48)43-21-24-17-25(38)19-28(39)34(24)50-36-31(13-8-16-42-36)45-30(12-7-15-41)33(47)18-23(9-5-6-14-40)37(49)46(32)2/h3-4,8,10-11,13,16-17,19,23,30,32,44-45H,5-7,9,12,14-15,18,20-21,40-41H2,1-2H3,(H,43,48)/t23-,30+,32+/m1/s1. The number of unbranched alkanes of at least 4 members (excludes halogenated alkanes) is 1.